The summed E-state index contributed by atoms with van der Waals surface area (Å²) in [6.07, 6.45) is 2.40. The number of β-amino-alcohol motifs (C(OH)–C–C–N with tert-alkyl or cyclic N) is 1. The topological polar surface area (TPSA) is 39.6 Å². The van der Waals surface area contributed by atoms with Crippen molar-refractivity contribution in [3.8, 4) is 0 Å². The molecule has 0 radical (unpaired) electrons. The van der Waals surface area contributed by atoms with Gasteiger partial charge in [0.1, 0.15) is 5.82 Å². The van der Waals surface area contributed by atoms with E-state index in [0.29, 0.717) is 12.6 Å². The predicted molar refractivity (Wildman–Crippen MR) is 77.0 cm³/mol. The molecule has 1 aliphatic heterocycles. The lowest BCUT2D eigenvalue weighted by Gasteiger charge is -2.28. The largest absolute Gasteiger partial charge is 0.391 e. The SMILES string of the molecule is Cc1cc(N2CC(O)CC2CN(C)C)ncc1Br. The first kappa shape index (κ1) is 13.8. The van der Waals surface area contributed by atoms with Gasteiger partial charge in [0.05, 0.1) is 6.10 Å². The minimum atomic E-state index is -0.249. The lowest BCUT2D eigenvalue weighted by Crippen LogP contribution is -2.38. The molecule has 0 spiro atoms. The van der Waals surface area contributed by atoms with E-state index in [1.165, 1.54) is 5.56 Å². The Morgan fingerprint density at radius 3 is 2.89 bits per heavy atom. The van der Waals surface area contributed by atoms with Crippen molar-refractivity contribution in [1.82, 2.24) is 9.88 Å². The van der Waals surface area contributed by atoms with Crippen LogP contribution in [0.4, 0.5) is 5.82 Å². The molecule has 1 aliphatic rings. The number of pyridine rings is 1. The Kier molecular flexibility index (Phi) is 4.25. The third-order valence-corrected chi connectivity index (χ3v) is 4.13. The van der Waals surface area contributed by atoms with Gasteiger partial charge in [0.15, 0.2) is 0 Å². The van der Waals surface area contributed by atoms with Crippen molar-refractivity contribution in [2.75, 3.05) is 32.1 Å². The Bertz CT molecular complexity index is 425. The Morgan fingerprint density at radius 2 is 2.28 bits per heavy atom. The number of aryl methyl sites for hydroxylation is 1. The highest BCUT2D eigenvalue weighted by Gasteiger charge is 2.32. The second kappa shape index (κ2) is 5.55. The van der Waals surface area contributed by atoms with E-state index in [2.05, 4.69) is 57.8 Å². The van der Waals surface area contributed by atoms with Gasteiger partial charge in [-0.25, -0.2) is 4.98 Å². The van der Waals surface area contributed by atoms with Crippen molar-refractivity contribution < 1.29 is 5.11 Å². The molecular formula is C13H20BrN3O. The molecule has 1 aromatic heterocycles. The third kappa shape index (κ3) is 3.02. The number of nitrogens with zero attached hydrogens (tertiary/aromatic N) is 3. The van der Waals surface area contributed by atoms with Crippen LogP contribution in [-0.2, 0) is 0 Å². The van der Waals surface area contributed by atoms with Crippen molar-refractivity contribution >= 4 is 21.7 Å². The van der Waals surface area contributed by atoms with Gasteiger partial charge in [-0.05, 0) is 55.0 Å². The fourth-order valence-corrected chi connectivity index (χ4v) is 2.67. The van der Waals surface area contributed by atoms with Gasteiger partial charge in [-0.15, -0.1) is 0 Å². The minimum absolute atomic E-state index is 0.249. The Balaban J connectivity index is 2.21. The van der Waals surface area contributed by atoms with E-state index >= 15 is 0 Å². The zero-order chi connectivity index (χ0) is 13.3. The van der Waals surface area contributed by atoms with Crippen LogP contribution in [0.15, 0.2) is 16.7 Å². The normalized spacial score (nSPS) is 24.0. The van der Waals surface area contributed by atoms with Crippen molar-refractivity contribution in [1.29, 1.82) is 0 Å². The summed E-state index contributed by atoms with van der Waals surface area (Å²) in [7, 11) is 4.12. The molecule has 0 bridgehead atoms. The number of halogens is 1. The molecule has 1 N–H and O–H groups in total. The van der Waals surface area contributed by atoms with Crippen molar-refractivity contribution in [2.24, 2.45) is 0 Å². The summed E-state index contributed by atoms with van der Waals surface area (Å²) in [6, 6.07) is 2.41. The minimum Gasteiger partial charge on any atom is -0.391 e. The number of aromatic nitrogens is 1. The van der Waals surface area contributed by atoms with Gasteiger partial charge >= 0.3 is 0 Å². The maximum atomic E-state index is 9.87. The van der Waals surface area contributed by atoms with E-state index in [-0.39, 0.29) is 6.10 Å². The molecule has 18 heavy (non-hydrogen) atoms. The highest BCUT2D eigenvalue weighted by atomic mass is 79.9. The van der Waals surface area contributed by atoms with Gasteiger partial charge in [0.25, 0.3) is 0 Å². The highest BCUT2D eigenvalue weighted by molar-refractivity contribution is 9.10. The maximum absolute atomic E-state index is 9.87. The van der Waals surface area contributed by atoms with Crippen LogP contribution >= 0.6 is 15.9 Å². The fourth-order valence-electron chi connectivity index (χ4n) is 2.45. The molecule has 0 saturated carbocycles. The Morgan fingerprint density at radius 1 is 1.56 bits per heavy atom. The van der Waals surface area contributed by atoms with Gasteiger partial charge < -0.3 is 14.9 Å². The summed E-state index contributed by atoms with van der Waals surface area (Å²) >= 11 is 3.47. The molecular weight excluding hydrogens is 294 g/mol. The number of hydrogen-bond acceptors (Lipinski definition) is 4. The molecule has 2 atom stereocenters. The van der Waals surface area contributed by atoms with E-state index < -0.39 is 0 Å². The second-order valence-corrected chi connectivity index (χ2v) is 6.10. The number of anilines is 1. The molecule has 0 aromatic carbocycles. The van der Waals surface area contributed by atoms with Crippen LogP contribution in [0, 0.1) is 6.92 Å². The molecule has 1 saturated heterocycles. The Labute approximate surface area is 117 Å². The molecule has 0 aliphatic carbocycles. The molecule has 100 valence electrons. The fraction of sp³-hybridized carbons (Fsp3) is 0.615. The summed E-state index contributed by atoms with van der Waals surface area (Å²) in [5, 5.41) is 9.87. The molecule has 2 unspecified atom stereocenters. The molecule has 0 amide bonds. The molecule has 1 aromatic rings. The lowest BCUT2D eigenvalue weighted by molar-refractivity contribution is 0.191. The molecule has 1 fully saturated rings. The molecule has 2 heterocycles. The van der Waals surface area contributed by atoms with Gasteiger partial charge in [0.2, 0.25) is 0 Å². The number of aliphatic hydroxyl groups excluding tert-OH is 1. The first-order valence-corrected chi connectivity index (χ1v) is 6.98. The maximum Gasteiger partial charge on any atom is 0.129 e. The summed E-state index contributed by atoms with van der Waals surface area (Å²) < 4.78 is 1.02. The average molecular weight is 314 g/mol. The van der Waals surface area contributed by atoms with Crippen LogP contribution in [0.1, 0.15) is 12.0 Å². The van der Waals surface area contributed by atoms with Crippen LogP contribution in [0.2, 0.25) is 0 Å². The van der Waals surface area contributed by atoms with Crippen molar-refractivity contribution in [3.05, 3.63) is 22.3 Å². The predicted octanol–water partition coefficient (Wildman–Crippen LogP) is 1.65. The van der Waals surface area contributed by atoms with Crippen LogP contribution in [0.3, 0.4) is 0 Å². The Hall–Kier alpha value is -0.650. The number of aliphatic hydroxyl groups is 1. The summed E-state index contributed by atoms with van der Waals surface area (Å²) in [5.74, 6) is 0.958. The summed E-state index contributed by atoms with van der Waals surface area (Å²) in [5.41, 5.74) is 1.17. The van der Waals surface area contributed by atoms with E-state index in [0.717, 1.165) is 23.3 Å². The number of likely N-dealkylation sites (N-methyl/N-ethyl adjacent to an activating group) is 1. The first-order chi connectivity index (χ1) is 8.47. The van der Waals surface area contributed by atoms with E-state index in [9.17, 15) is 5.11 Å². The second-order valence-electron chi connectivity index (χ2n) is 5.25. The van der Waals surface area contributed by atoms with Crippen LogP contribution in [0.25, 0.3) is 0 Å². The molecule has 4 nitrogen and oxygen atoms in total. The average Bonchev–Trinajstić information content (AvgIpc) is 2.62. The van der Waals surface area contributed by atoms with Crippen molar-refractivity contribution in [2.45, 2.75) is 25.5 Å². The smallest absolute Gasteiger partial charge is 0.129 e. The summed E-state index contributed by atoms with van der Waals surface area (Å²) in [6.45, 7) is 3.67. The number of rotatable bonds is 3. The third-order valence-electron chi connectivity index (χ3n) is 3.30. The van der Waals surface area contributed by atoms with Crippen LogP contribution in [-0.4, -0.2) is 54.3 Å². The monoisotopic (exact) mass is 313 g/mol. The van der Waals surface area contributed by atoms with Gasteiger partial charge in [-0.1, -0.05) is 0 Å². The van der Waals surface area contributed by atoms with E-state index in [4.69, 9.17) is 0 Å². The van der Waals surface area contributed by atoms with Gasteiger partial charge in [0, 0.05) is 29.8 Å². The van der Waals surface area contributed by atoms with E-state index in [1.54, 1.807) is 0 Å². The lowest BCUT2D eigenvalue weighted by atomic mass is 10.2. The first-order valence-electron chi connectivity index (χ1n) is 6.19. The van der Waals surface area contributed by atoms with Crippen LogP contribution in [0.5, 0.6) is 0 Å². The van der Waals surface area contributed by atoms with Gasteiger partial charge in [-0.2, -0.15) is 0 Å². The summed E-state index contributed by atoms with van der Waals surface area (Å²) in [4.78, 5) is 8.83. The zero-order valence-electron chi connectivity index (χ0n) is 11.1. The van der Waals surface area contributed by atoms with Gasteiger partial charge in [-0.3, -0.25) is 0 Å². The van der Waals surface area contributed by atoms with Crippen molar-refractivity contribution in [3.63, 3.8) is 0 Å². The zero-order valence-corrected chi connectivity index (χ0v) is 12.7. The number of hydrogen-bond donors (Lipinski definition) is 1. The molecule has 5 heteroatoms. The van der Waals surface area contributed by atoms with Crippen LogP contribution < -0.4 is 4.90 Å². The quantitative estimate of drug-likeness (QED) is 0.921. The standard InChI is InChI=1S/C13H20BrN3O/c1-9-4-13(15-6-12(9)14)17-8-11(18)5-10(17)7-16(2)3/h4,6,10-11,18H,5,7-8H2,1-3H3. The highest BCUT2D eigenvalue weighted by Crippen LogP contribution is 2.27. The van der Waals surface area contributed by atoms with E-state index in [1.807, 2.05) is 6.20 Å². The molecule has 2 rings (SSSR count).